The average molecular weight is 284 g/mol. The Morgan fingerprint density at radius 2 is 2.15 bits per heavy atom. The van der Waals surface area contributed by atoms with Crippen LogP contribution >= 0.6 is 0 Å². The highest BCUT2D eigenvalue weighted by molar-refractivity contribution is 5.89. The molecule has 0 bridgehead atoms. The van der Waals surface area contributed by atoms with Crippen molar-refractivity contribution in [2.24, 2.45) is 11.1 Å². The van der Waals surface area contributed by atoms with Gasteiger partial charge in [-0.3, -0.25) is 4.79 Å². The van der Waals surface area contributed by atoms with Crippen LogP contribution in [-0.2, 0) is 9.53 Å². The van der Waals surface area contributed by atoms with Crippen LogP contribution < -0.4 is 11.1 Å². The summed E-state index contributed by atoms with van der Waals surface area (Å²) in [6.07, 6.45) is 3.65. The van der Waals surface area contributed by atoms with Crippen molar-refractivity contribution in [3.05, 3.63) is 0 Å². The molecule has 116 valence electrons. The number of hydrogen-bond acceptors (Lipinski definition) is 4. The third kappa shape index (κ3) is 2.59. The smallest absolute Gasteiger partial charge is 0.241 e. The van der Waals surface area contributed by atoms with Crippen LogP contribution in [0.5, 0.6) is 0 Å². The van der Waals surface area contributed by atoms with E-state index in [9.17, 15) is 9.90 Å². The molecule has 4 unspecified atom stereocenters. The van der Waals surface area contributed by atoms with Gasteiger partial charge in [0.05, 0.1) is 12.2 Å². The lowest BCUT2D eigenvalue weighted by Gasteiger charge is -2.57. The zero-order chi connectivity index (χ0) is 15.0. The molecule has 0 aliphatic heterocycles. The van der Waals surface area contributed by atoms with Crippen molar-refractivity contribution in [3.8, 4) is 0 Å². The van der Waals surface area contributed by atoms with E-state index in [1.807, 2.05) is 20.8 Å². The summed E-state index contributed by atoms with van der Waals surface area (Å²) in [6.45, 7) is 6.58. The standard InChI is InChI=1S/C15H28N2O3/c1-4-20-12-9-15(16,14(12,2)3)13(19)17-10-6-5-7-11(18)8-10/h10-12,18H,4-9,16H2,1-3H3,(H,17,19). The van der Waals surface area contributed by atoms with Crippen molar-refractivity contribution in [2.75, 3.05) is 6.61 Å². The van der Waals surface area contributed by atoms with Crippen LogP contribution in [0.2, 0.25) is 0 Å². The molecule has 0 radical (unpaired) electrons. The van der Waals surface area contributed by atoms with Gasteiger partial charge in [0.15, 0.2) is 0 Å². The molecule has 0 aromatic carbocycles. The lowest BCUT2D eigenvalue weighted by atomic mass is 9.54. The van der Waals surface area contributed by atoms with Crippen LogP contribution in [0, 0.1) is 5.41 Å². The summed E-state index contributed by atoms with van der Waals surface area (Å²) >= 11 is 0. The highest BCUT2D eigenvalue weighted by atomic mass is 16.5. The fraction of sp³-hybridized carbons (Fsp3) is 0.933. The molecular weight excluding hydrogens is 256 g/mol. The van der Waals surface area contributed by atoms with Crippen LogP contribution in [0.25, 0.3) is 0 Å². The molecule has 0 heterocycles. The first-order valence-electron chi connectivity index (χ1n) is 7.70. The quantitative estimate of drug-likeness (QED) is 0.717. The Kier molecular flexibility index (Phi) is 4.42. The Morgan fingerprint density at radius 3 is 2.70 bits per heavy atom. The molecule has 20 heavy (non-hydrogen) atoms. The van der Waals surface area contributed by atoms with Gasteiger partial charge in [-0.1, -0.05) is 13.8 Å². The second-order valence-electron chi connectivity index (χ2n) is 6.83. The molecular formula is C15H28N2O3. The largest absolute Gasteiger partial charge is 0.393 e. The second kappa shape index (κ2) is 5.62. The van der Waals surface area contributed by atoms with Crippen molar-refractivity contribution < 1.29 is 14.6 Å². The fourth-order valence-electron chi connectivity index (χ4n) is 3.43. The van der Waals surface area contributed by atoms with Gasteiger partial charge >= 0.3 is 0 Å². The minimum atomic E-state index is -0.866. The van der Waals surface area contributed by atoms with Gasteiger partial charge in [0.25, 0.3) is 0 Å². The Bertz CT molecular complexity index is 372. The van der Waals surface area contributed by atoms with E-state index in [4.69, 9.17) is 10.5 Å². The molecule has 0 aromatic rings. The number of aliphatic hydroxyl groups is 1. The number of nitrogens with one attached hydrogen (secondary N) is 1. The maximum absolute atomic E-state index is 12.5. The van der Waals surface area contributed by atoms with Crippen molar-refractivity contribution >= 4 is 5.91 Å². The molecule has 0 saturated heterocycles. The Labute approximate surface area is 121 Å². The van der Waals surface area contributed by atoms with Crippen LogP contribution in [0.1, 0.15) is 52.9 Å². The van der Waals surface area contributed by atoms with E-state index in [-0.39, 0.29) is 29.6 Å². The van der Waals surface area contributed by atoms with Gasteiger partial charge in [0.1, 0.15) is 5.54 Å². The summed E-state index contributed by atoms with van der Waals surface area (Å²) in [6, 6.07) is 0.0496. The normalized spacial score (nSPS) is 40.0. The first-order valence-corrected chi connectivity index (χ1v) is 7.70. The number of rotatable bonds is 4. The first-order chi connectivity index (χ1) is 9.31. The van der Waals surface area contributed by atoms with Crippen molar-refractivity contribution in [1.82, 2.24) is 5.32 Å². The lowest BCUT2D eigenvalue weighted by molar-refractivity contribution is -0.171. The van der Waals surface area contributed by atoms with E-state index in [1.54, 1.807) is 0 Å². The summed E-state index contributed by atoms with van der Waals surface area (Å²) in [5.41, 5.74) is 5.12. The monoisotopic (exact) mass is 284 g/mol. The third-order valence-electron chi connectivity index (χ3n) is 5.22. The second-order valence-corrected chi connectivity index (χ2v) is 6.83. The van der Waals surface area contributed by atoms with Gasteiger partial charge in [-0.05, 0) is 32.6 Å². The molecule has 1 amide bonds. The zero-order valence-electron chi connectivity index (χ0n) is 12.8. The van der Waals surface area contributed by atoms with Crippen molar-refractivity contribution in [2.45, 2.75) is 76.7 Å². The summed E-state index contributed by atoms with van der Waals surface area (Å²) in [4.78, 5) is 12.5. The molecule has 2 rings (SSSR count). The Hall–Kier alpha value is -0.650. The minimum Gasteiger partial charge on any atom is -0.393 e. The molecule has 0 spiro atoms. The molecule has 2 aliphatic rings. The number of aliphatic hydroxyl groups excluding tert-OH is 1. The van der Waals surface area contributed by atoms with Crippen LogP contribution in [0.4, 0.5) is 0 Å². The van der Waals surface area contributed by atoms with E-state index < -0.39 is 5.54 Å². The van der Waals surface area contributed by atoms with Gasteiger partial charge in [-0.25, -0.2) is 0 Å². The zero-order valence-corrected chi connectivity index (χ0v) is 12.8. The summed E-state index contributed by atoms with van der Waals surface area (Å²) in [5, 5.41) is 12.7. The van der Waals surface area contributed by atoms with Crippen LogP contribution in [-0.4, -0.2) is 41.4 Å². The minimum absolute atomic E-state index is 0.0418. The average Bonchev–Trinajstić information content (AvgIpc) is 2.38. The fourth-order valence-corrected chi connectivity index (χ4v) is 3.43. The first kappa shape index (κ1) is 15.7. The number of hydrogen-bond donors (Lipinski definition) is 3. The number of nitrogens with two attached hydrogens (primary N) is 1. The van der Waals surface area contributed by atoms with E-state index in [1.165, 1.54) is 0 Å². The topological polar surface area (TPSA) is 84.6 Å². The maximum Gasteiger partial charge on any atom is 0.241 e. The Balaban J connectivity index is 1.95. The lowest BCUT2D eigenvalue weighted by Crippen LogP contribution is -2.76. The number of carbonyl (C=O) groups is 1. The Morgan fingerprint density at radius 1 is 1.45 bits per heavy atom. The molecule has 5 heteroatoms. The predicted molar refractivity (Wildman–Crippen MR) is 77.1 cm³/mol. The molecule has 0 aromatic heterocycles. The predicted octanol–water partition coefficient (Wildman–Crippen LogP) is 0.939. The molecule has 2 saturated carbocycles. The van der Waals surface area contributed by atoms with Gasteiger partial charge < -0.3 is 20.9 Å². The molecule has 4 atom stereocenters. The maximum atomic E-state index is 12.5. The molecule has 2 fully saturated rings. The van der Waals surface area contributed by atoms with Gasteiger partial charge in [-0.15, -0.1) is 0 Å². The van der Waals surface area contributed by atoms with Crippen LogP contribution in [0.3, 0.4) is 0 Å². The molecule has 4 N–H and O–H groups in total. The van der Waals surface area contributed by atoms with E-state index in [0.717, 1.165) is 19.3 Å². The van der Waals surface area contributed by atoms with Crippen molar-refractivity contribution in [1.29, 1.82) is 0 Å². The highest BCUT2D eigenvalue weighted by Gasteiger charge is 2.63. The SMILES string of the molecule is CCOC1CC(N)(C(=O)NC2CCCC(O)C2)C1(C)C. The highest BCUT2D eigenvalue weighted by Crippen LogP contribution is 2.49. The number of ether oxygens (including phenoxy) is 1. The van der Waals surface area contributed by atoms with Gasteiger partial charge in [0.2, 0.25) is 5.91 Å². The summed E-state index contributed by atoms with van der Waals surface area (Å²) in [7, 11) is 0. The molecule has 2 aliphatic carbocycles. The van der Waals surface area contributed by atoms with Gasteiger partial charge in [0, 0.05) is 24.5 Å². The van der Waals surface area contributed by atoms with E-state index in [2.05, 4.69) is 5.32 Å². The van der Waals surface area contributed by atoms with E-state index >= 15 is 0 Å². The molecule has 5 nitrogen and oxygen atoms in total. The van der Waals surface area contributed by atoms with Gasteiger partial charge in [-0.2, -0.15) is 0 Å². The van der Waals surface area contributed by atoms with Crippen LogP contribution in [0.15, 0.2) is 0 Å². The summed E-state index contributed by atoms with van der Waals surface area (Å²) in [5.74, 6) is -0.0995. The number of amides is 1. The summed E-state index contributed by atoms with van der Waals surface area (Å²) < 4.78 is 5.65. The number of carbonyl (C=O) groups excluding carboxylic acids is 1. The van der Waals surface area contributed by atoms with E-state index in [0.29, 0.717) is 19.4 Å². The third-order valence-corrected chi connectivity index (χ3v) is 5.22. The van der Waals surface area contributed by atoms with Crippen molar-refractivity contribution in [3.63, 3.8) is 0 Å².